The molecule has 1 saturated heterocycles. The van der Waals surface area contributed by atoms with Gasteiger partial charge in [0, 0.05) is 38.9 Å². The number of piperazine rings is 1. The largest absolute Gasteiger partial charge is 0.406 e. The molecule has 1 aromatic heterocycles. The Morgan fingerprint density at radius 3 is 2.48 bits per heavy atom. The molecule has 0 atom stereocenters. The first-order valence-electron chi connectivity index (χ1n) is 6.75. The molecule has 1 aromatic rings. The summed E-state index contributed by atoms with van der Waals surface area (Å²) in [6.45, 7) is 1.59. The molecule has 0 aromatic carbocycles. The lowest BCUT2D eigenvalue weighted by molar-refractivity contribution is -0.140. The highest BCUT2D eigenvalue weighted by atomic mass is 19.4. The van der Waals surface area contributed by atoms with Crippen LogP contribution < -0.4 is 0 Å². The topological polar surface area (TPSA) is 48.7 Å². The van der Waals surface area contributed by atoms with Crippen molar-refractivity contribution in [2.24, 2.45) is 0 Å². The monoisotopic (exact) mass is 305 g/mol. The summed E-state index contributed by atoms with van der Waals surface area (Å²) >= 11 is 0. The molecule has 1 amide bonds. The number of alkyl halides is 3. The van der Waals surface area contributed by atoms with Crippen LogP contribution in [0.15, 0.2) is 18.3 Å². The molecule has 0 radical (unpaired) electrons. The van der Waals surface area contributed by atoms with Crippen molar-refractivity contribution in [1.82, 2.24) is 14.4 Å². The molecular formula is C13H18F3N3O2. The predicted molar refractivity (Wildman–Crippen MR) is 69.9 cm³/mol. The fourth-order valence-corrected chi connectivity index (χ4v) is 2.42. The third-order valence-corrected chi connectivity index (χ3v) is 3.47. The Morgan fingerprint density at radius 2 is 1.90 bits per heavy atom. The maximum atomic E-state index is 12.5. The van der Waals surface area contributed by atoms with E-state index in [1.807, 2.05) is 4.90 Å². The van der Waals surface area contributed by atoms with E-state index in [0.29, 0.717) is 32.7 Å². The molecule has 8 heteroatoms. The first-order valence-corrected chi connectivity index (χ1v) is 6.75. The van der Waals surface area contributed by atoms with Crippen LogP contribution in [0.25, 0.3) is 0 Å². The zero-order chi connectivity index (χ0) is 15.5. The van der Waals surface area contributed by atoms with Crippen LogP contribution in [0, 0.1) is 0 Å². The zero-order valence-corrected chi connectivity index (χ0v) is 11.5. The molecule has 118 valence electrons. The van der Waals surface area contributed by atoms with E-state index in [9.17, 15) is 18.0 Å². The van der Waals surface area contributed by atoms with Crippen molar-refractivity contribution in [3.63, 3.8) is 0 Å². The van der Waals surface area contributed by atoms with Crippen molar-refractivity contribution in [2.75, 3.05) is 39.3 Å². The predicted octanol–water partition coefficient (Wildman–Crippen LogP) is 0.800. The van der Waals surface area contributed by atoms with E-state index < -0.39 is 12.7 Å². The van der Waals surface area contributed by atoms with Crippen molar-refractivity contribution in [2.45, 2.75) is 12.7 Å². The summed E-state index contributed by atoms with van der Waals surface area (Å²) < 4.78 is 38.3. The fourth-order valence-electron chi connectivity index (χ4n) is 2.42. The Bertz CT molecular complexity index is 479. The maximum Gasteiger partial charge on any atom is 0.406 e. The smallest absolute Gasteiger partial charge is 0.395 e. The van der Waals surface area contributed by atoms with E-state index in [1.165, 1.54) is 18.3 Å². The lowest BCUT2D eigenvalue weighted by Crippen LogP contribution is -2.49. The van der Waals surface area contributed by atoms with Gasteiger partial charge >= 0.3 is 6.18 Å². The van der Waals surface area contributed by atoms with Gasteiger partial charge in [-0.3, -0.25) is 9.69 Å². The van der Waals surface area contributed by atoms with Crippen molar-refractivity contribution < 1.29 is 23.1 Å². The van der Waals surface area contributed by atoms with Gasteiger partial charge in [-0.25, -0.2) is 0 Å². The number of aromatic nitrogens is 1. The summed E-state index contributed by atoms with van der Waals surface area (Å²) in [6.07, 6.45) is -3.09. The maximum absolute atomic E-state index is 12.5. The molecule has 0 aliphatic carbocycles. The van der Waals surface area contributed by atoms with Gasteiger partial charge in [0.15, 0.2) is 0 Å². The second kappa shape index (κ2) is 6.48. The third kappa shape index (κ3) is 4.21. The second-order valence-electron chi connectivity index (χ2n) is 4.99. The van der Waals surface area contributed by atoms with E-state index in [-0.39, 0.29) is 18.2 Å². The van der Waals surface area contributed by atoms with Crippen LogP contribution in [-0.2, 0) is 6.54 Å². The van der Waals surface area contributed by atoms with Gasteiger partial charge < -0.3 is 14.6 Å². The summed E-state index contributed by atoms with van der Waals surface area (Å²) in [7, 11) is 0. The number of hydrogen-bond acceptors (Lipinski definition) is 3. The second-order valence-corrected chi connectivity index (χ2v) is 4.99. The SMILES string of the molecule is O=C(c1cccn1CC(F)(F)F)N1CCN(CCO)CC1. The summed E-state index contributed by atoms with van der Waals surface area (Å²) in [5, 5.41) is 8.86. The van der Waals surface area contributed by atoms with Gasteiger partial charge in [0.2, 0.25) is 0 Å². The average molecular weight is 305 g/mol. The van der Waals surface area contributed by atoms with E-state index in [1.54, 1.807) is 4.90 Å². The standard InChI is InChI=1S/C13H18F3N3O2/c14-13(15,16)10-19-3-1-2-11(19)12(21)18-6-4-17(5-7-18)8-9-20/h1-3,20H,4-10H2. The highest BCUT2D eigenvalue weighted by Crippen LogP contribution is 2.20. The molecule has 1 aliphatic heterocycles. The Morgan fingerprint density at radius 1 is 1.24 bits per heavy atom. The first kappa shape index (κ1) is 15.8. The molecule has 1 aliphatic rings. The summed E-state index contributed by atoms with van der Waals surface area (Å²) in [5.74, 6) is -0.382. The number of rotatable bonds is 4. The van der Waals surface area contributed by atoms with Crippen molar-refractivity contribution >= 4 is 5.91 Å². The van der Waals surface area contributed by atoms with Crippen LogP contribution in [-0.4, -0.2) is 70.9 Å². The van der Waals surface area contributed by atoms with Gasteiger partial charge in [-0.2, -0.15) is 13.2 Å². The Kier molecular flexibility index (Phi) is 4.89. The molecule has 0 spiro atoms. The van der Waals surface area contributed by atoms with E-state index in [2.05, 4.69) is 0 Å². The van der Waals surface area contributed by atoms with Crippen molar-refractivity contribution in [3.05, 3.63) is 24.0 Å². The molecule has 1 fully saturated rings. The zero-order valence-electron chi connectivity index (χ0n) is 11.5. The van der Waals surface area contributed by atoms with Crippen molar-refractivity contribution in [1.29, 1.82) is 0 Å². The Labute approximate surface area is 120 Å². The molecular weight excluding hydrogens is 287 g/mol. The van der Waals surface area contributed by atoms with E-state index in [4.69, 9.17) is 5.11 Å². The molecule has 0 unspecified atom stereocenters. The van der Waals surface area contributed by atoms with Crippen LogP contribution in [0.3, 0.4) is 0 Å². The lowest BCUT2D eigenvalue weighted by atomic mass is 10.2. The van der Waals surface area contributed by atoms with Crippen LogP contribution >= 0.6 is 0 Å². The first-order chi connectivity index (χ1) is 9.90. The number of hydrogen-bond donors (Lipinski definition) is 1. The normalized spacial score (nSPS) is 17.2. The minimum atomic E-state index is -4.35. The number of β-amino-alcohol motifs (C(OH)–C–C–N with tert-alkyl or cyclic N) is 1. The Balaban J connectivity index is 2.00. The van der Waals surface area contributed by atoms with Crippen molar-refractivity contribution in [3.8, 4) is 0 Å². The highest BCUT2D eigenvalue weighted by Gasteiger charge is 2.31. The van der Waals surface area contributed by atoms with Crippen LogP contribution in [0.2, 0.25) is 0 Å². The molecule has 2 heterocycles. The van der Waals surface area contributed by atoms with Crippen LogP contribution in [0.1, 0.15) is 10.5 Å². The van der Waals surface area contributed by atoms with Crippen LogP contribution in [0.5, 0.6) is 0 Å². The van der Waals surface area contributed by atoms with Gasteiger partial charge in [-0.15, -0.1) is 0 Å². The number of halogens is 3. The highest BCUT2D eigenvalue weighted by molar-refractivity contribution is 5.92. The molecule has 1 N–H and O–H groups in total. The minimum absolute atomic E-state index is 0.0579. The van der Waals surface area contributed by atoms with Gasteiger partial charge in [0.25, 0.3) is 5.91 Å². The van der Waals surface area contributed by atoms with E-state index >= 15 is 0 Å². The van der Waals surface area contributed by atoms with Gasteiger partial charge in [-0.1, -0.05) is 0 Å². The van der Waals surface area contributed by atoms with Crippen LogP contribution in [0.4, 0.5) is 13.2 Å². The number of carbonyl (C=O) groups excluding carboxylic acids is 1. The minimum Gasteiger partial charge on any atom is -0.395 e. The number of carbonyl (C=O) groups is 1. The number of nitrogens with zero attached hydrogens (tertiary/aromatic N) is 3. The van der Waals surface area contributed by atoms with Gasteiger partial charge in [0.1, 0.15) is 12.2 Å². The molecule has 5 nitrogen and oxygen atoms in total. The summed E-state index contributed by atoms with van der Waals surface area (Å²) in [5.41, 5.74) is 0.0583. The lowest BCUT2D eigenvalue weighted by Gasteiger charge is -2.34. The quantitative estimate of drug-likeness (QED) is 0.895. The number of aliphatic hydroxyl groups excluding tert-OH is 1. The average Bonchev–Trinajstić information content (AvgIpc) is 2.85. The number of amides is 1. The fraction of sp³-hybridized carbons (Fsp3) is 0.615. The molecule has 21 heavy (non-hydrogen) atoms. The summed E-state index contributed by atoms with van der Waals surface area (Å²) in [6, 6.07) is 2.86. The molecule has 2 rings (SSSR count). The van der Waals surface area contributed by atoms with Gasteiger partial charge in [-0.05, 0) is 12.1 Å². The Hall–Kier alpha value is -1.54. The number of aliphatic hydroxyl groups is 1. The molecule has 0 saturated carbocycles. The van der Waals surface area contributed by atoms with E-state index in [0.717, 1.165) is 4.57 Å². The third-order valence-electron chi connectivity index (χ3n) is 3.47. The van der Waals surface area contributed by atoms with Gasteiger partial charge in [0.05, 0.1) is 6.61 Å². The summed E-state index contributed by atoms with van der Waals surface area (Å²) in [4.78, 5) is 15.9. The molecule has 0 bridgehead atoms.